The van der Waals surface area contributed by atoms with Gasteiger partial charge < -0.3 is 0 Å². The lowest BCUT2D eigenvalue weighted by Crippen LogP contribution is -2.03. The van der Waals surface area contributed by atoms with Gasteiger partial charge in [0.1, 0.15) is 0 Å². The lowest BCUT2D eigenvalue weighted by atomic mass is 10.3. The number of rotatable bonds is 4. The van der Waals surface area contributed by atoms with E-state index in [-0.39, 0.29) is 0 Å². The molecule has 0 spiro atoms. The Labute approximate surface area is 67.2 Å². The maximum atomic E-state index is 2.43. The highest BCUT2D eigenvalue weighted by molar-refractivity contribution is 7.57. The summed E-state index contributed by atoms with van der Waals surface area (Å²) < 4.78 is 0. The molecule has 10 heavy (non-hydrogen) atoms. The molecule has 0 aliphatic heterocycles. The summed E-state index contributed by atoms with van der Waals surface area (Å²) in [6, 6.07) is 0. The van der Waals surface area contributed by atoms with Gasteiger partial charge >= 0.3 is 0 Å². The topological polar surface area (TPSA) is 0 Å². The van der Waals surface area contributed by atoms with Crippen molar-refractivity contribution in [1.29, 1.82) is 0 Å². The van der Waals surface area contributed by atoms with Gasteiger partial charge in [0.15, 0.2) is 0 Å². The third-order valence-corrected chi connectivity index (χ3v) is 5.17. The third-order valence-electron chi connectivity index (χ3n) is 2.00. The average molecular weight is 160 g/mol. The molecule has 0 saturated heterocycles. The van der Waals surface area contributed by atoms with E-state index in [0.29, 0.717) is 7.92 Å². The van der Waals surface area contributed by atoms with E-state index in [4.69, 9.17) is 0 Å². The molecule has 0 heterocycles. The zero-order valence-electron chi connectivity index (χ0n) is 8.02. The van der Waals surface area contributed by atoms with E-state index in [1.807, 2.05) is 0 Å². The quantitative estimate of drug-likeness (QED) is 0.552. The van der Waals surface area contributed by atoms with Gasteiger partial charge in [-0.15, -0.1) is 7.92 Å². The molecule has 0 fully saturated rings. The van der Waals surface area contributed by atoms with Crippen LogP contribution in [0.4, 0.5) is 0 Å². The van der Waals surface area contributed by atoms with E-state index in [2.05, 4.69) is 34.4 Å². The van der Waals surface area contributed by atoms with E-state index in [1.165, 1.54) is 12.6 Å². The highest BCUT2D eigenvalue weighted by atomic mass is 31.1. The minimum absolute atomic E-state index is 0.319. The molecule has 0 N–H and O–H groups in total. The highest BCUT2D eigenvalue weighted by Gasteiger charge is 2.09. The van der Waals surface area contributed by atoms with Crippen LogP contribution in [0, 0.1) is 5.92 Å². The molecule has 0 aliphatic carbocycles. The second kappa shape index (κ2) is 5.13. The molecular formula is C9H21P. The van der Waals surface area contributed by atoms with Crippen molar-refractivity contribution in [1.82, 2.24) is 0 Å². The number of hydrogen-bond donors (Lipinski definition) is 0. The molecule has 0 aromatic rings. The van der Waals surface area contributed by atoms with Gasteiger partial charge in [-0.25, -0.2) is 0 Å². The predicted octanol–water partition coefficient (Wildman–Crippen LogP) is 3.55. The lowest BCUT2D eigenvalue weighted by molar-refractivity contribution is 0.737. The molecule has 0 amide bonds. The van der Waals surface area contributed by atoms with Crippen molar-refractivity contribution in [2.24, 2.45) is 5.92 Å². The van der Waals surface area contributed by atoms with Crippen molar-refractivity contribution in [3.05, 3.63) is 0 Å². The van der Waals surface area contributed by atoms with Crippen molar-refractivity contribution >= 4 is 7.92 Å². The van der Waals surface area contributed by atoms with Crippen molar-refractivity contribution in [2.75, 3.05) is 12.8 Å². The molecule has 0 aliphatic rings. The Bertz CT molecular complexity index is 78.8. The zero-order chi connectivity index (χ0) is 8.15. The molecule has 0 radical (unpaired) electrons. The normalized spacial score (nSPS) is 17.4. The van der Waals surface area contributed by atoms with Crippen LogP contribution in [0.1, 0.15) is 34.1 Å². The summed E-state index contributed by atoms with van der Waals surface area (Å²) in [5.74, 6) is 0.894. The second-order valence-electron chi connectivity index (χ2n) is 3.59. The summed E-state index contributed by atoms with van der Waals surface area (Å²) in [5, 5.41) is 0. The fourth-order valence-corrected chi connectivity index (χ4v) is 3.20. The standard InChI is InChI=1S/C9H21P/c1-6-9(4)10(5)7-8(2)3/h8-9H,6-7H2,1-5H3. The Morgan fingerprint density at radius 1 is 1.20 bits per heavy atom. The first-order valence-corrected chi connectivity index (χ1v) is 6.32. The smallest absolute Gasteiger partial charge is 0.0243 e. The fraction of sp³-hybridized carbons (Fsp3) is 1.00. The number of hydrogen-bond acceptors (Lipinski definition) is 0. The second-order valence-corrected chi connectivity index (χ2v) is 6.35. The summed E-state index contributed by atoms with van der Waals surface area (Å²) in [4.78, 5) is 0. The van der Waals surface area contributed by atoms with E-state index in [0.717, 1.165) is 11.6 Å². The minimum Gasteiger partial charge on any atom is -0.107 e. The van der Waals surface area contributed by atoms with Gasteiger partial charge in [-0.3, -0.25) is 0 Å². The largest absolute Gasteiger partial charge is 0.107 e. The molecular weight excluding hydrogens is 139 g/mol. The molecule has 2 atom stereocenters. The summed E-state index contributed by atoms with van der Waals surface area (Å²) in [7, 11) is 0.319. The molecule has 0 aromatic carbocycles. The van der Waals surface area contributed by atoms with Gasteiger partial charge in [0.05, 0.1) is 0 Å². The monoisotopic (exact) mass is 160 g/mol. The highest BCUT2D eigenvalue weighted by Crippen LogP contribution is 2.40. The first-order valence-electron chi connectivity index (χ1n) is 4.28. The Morgan fingerprint density at radius 2 is 1.70 bits per heavy atom. The van der Waals surface area contributed by atoms with Gasteiger partial charge in [-0.2, -0.15) is 0 Å². The SMILES string of the molecule is CCC(C)P(C)CC(C)C. The van der Waals surface area contributed by atoms with E-state index >= 15 is 0 Å². The van der Waals surface area contributed by atoms with Crippen LogP contribution in [-0.2, 0) is 0 Å². The van der Waals surface area contributed by atoms with Crippen LogP contribution in [0.15, 0.2) is 0 Å². The summed E-state index contributed by atoms with van der Waals surface area (Å²) in [6.45, 7) is 11.8. The van der Waals surface area contributed by atoms with Crippen LogP contribution < -0.4 is 0 Å². The zero-order valence-corrected chi connectivity index (χ0v) is 8.91. The minimum atomic E-state index is 0.319. The third kappa shape index (κ3) is 4.28. The lowest BCUT2D eigenvalue weighted by Gasteiger charge is -2.20. The maximum Gasteiger partial charge on any atom is -0.0243 e. The van der Waals surface area contributed by atoms with Gasteiger partial charge in [0.25, 0.3) is 0 Å². The molecule has 62 valence electrons. The van der Waals surface area contributed by atoms with Crippen molar-refractivity contribution in [2.45, 2.75) is 39.8 Å². The molecule has 0 rings (SSSR count). The van der Waals surface area contributed by atoms with Gasteiger partial charge in [0, 0.05) is 0 Å². The van der Waals surface area contributed by atoms with Crippen molar-refractivity contribution in [3.63, 3.8) is 0 Å². The molecule has 1 heteroatoms. The summed E-state index contributed by atoms with van der Waals surface area (Å²) >= 11 is 0. The van der Waals surface area contributed by atoms with E-state index in [9.17, 15) is 0 Å². The average Bonchev–Trinajstić information content (AvgIpc) is 1.85. The van der Waals surface area contributed by atoms with Crippen molar-refractivity contribution < 1.29 is 0 Å². The van der Waals surface area contributed by atoms with E-state index < -0.39 is 0 Å². The van der Waals surface area contributed by atoms with Gasteiger partial charge in [-0.05, 0) is 30.8 Å². The van der Waals surface area contributed by atoms with Gasteiger partial charge in [-0.1, -0.05) is 27.7 Å². The molecule has 2 unspecified atom stereocenters. The molecule has 0 nitrogen and oxygen atoms in total. The van der Waals surface area contributed by atoms with Crippen molar-refractivity contribution in [3.8, 4) is 0 Å². The first kappa shape index (κ1) is 10.4. The summed E-state index contributed by atoms with van der Waals surface area (Å²) in [5.41, 5.74) is 0.970. The van der Waals surface area contributed by atoms with Crippen LogP contribution in [0.2, 0.25) is 0 Å². The van der Waals surface area contributed by atoms with E-state index in [1.54, 1.807) is 0 Å². The maximum absolute atomic E-state index is 2.43. The van der Waals surface area contributed by atoms with Gasteiger partial charge in [0.2, 0.25) is 0 Å². The fourth-order valence-electron chi connectivity index (χ4n) is 1.07. The summed E-state index contributed by atoms with van der Waals surface area (Å²) in [6.07, 6.45) is 2.80. The predicted molar refractivity (Wildman–Crippen MR) is 52.3 cm³/mol. The van der Waals surface area contributed by atoms with Crippen LogP contribution in [-0.4, -0.2) is 18.5 Å². The molecule has 0 saturated carbocycles. The molecule has 0 aromatic heterocycles. The Balaban J connectivity index is 3.50. The Morgan fingerprint density at radius 3 is 2.00 bits per heavy atom. The Hall–Kier alpha value is 0.430. The van der Waals surface area contributed by atoms with Crippen LogP contribution >= 0.6 is 7.92 Å². The Kier molecular flexibility index (Phi) is 5.35. The molecule has 0 bridgehead atoms. The van der Waals surface area contributed by atoms with Crippen LogP contribution in [0.25, 0.3) is 0 Å². The van der Waals surface area contributed by atoms with Crippen LogP contribution in [0.3, 0.4) is 0 Å². The van der Waals surface area contributed by atoms with Crippen LogP contribution in [0.5, 0.6) is 0 Å². The first-order chi connectivity index (χ1) is 4.57.